The summed E-state index contributed by atoms with van der Waals surface area (Å²) < 4.78 is 7.08. The van der Waals surface area contributed by atoms with Crippen molar-refractivity contribution < 1.29 is 14.3 Å². The molecule has 0 unspecified atom stereocenters. The highest BCUT2D eigenvalue weighted by Crippen LogP contribution is 2.24. The second-order valence-corrected chi connectivity index (χ2v) is 6.46. The van der Waals surface area contributed by atoms with E-state index in [0.29, 0.717) is 37.1 Å². The number of carbonyl (C=O) groups excluding carboxylic acids is 2. The first-order valence-electron chi connectivity index (χ1n) is 7.99. The molecule has 2 aromatic rings. The highest BCUT2D eigenvalue weighted by molar-refractivity contribution is 7.99. The zero-order valence-corrected chi connectivity index (χ0v) is 14.7. The van der Waals surface area contributed by atoms with Crippen molar-refractivity contribution >= 4 is 23.6 Å². The lowest BCUT2D eigenvalue weighted by atomic mass is 10.2. The van der Waals surface area contributed by atoms with E-state index in [4.69, 9.17) is 4.74 Å². The van der Waals surface area contributed by atoms with E-state index in [9.17, 15) is 9.59 Å². The Labute approximate surface area is 149 Å². The standard InChI is InChI=1S/C16H19N5O3S/c1-24-10-9-21-15(12-4-6-17-7-5-12)18-19-16(21)25-11-14(23)20-8-2-3-13(20)22/h4-7H,2-3,8-11H2,1H3. The molecule has 3 heterocycles. The van der Waals surface area contributed by atoms with Gasteiger partial charge in [-0.3, -0.25) is 24.0 Å². The molecule has 1 aliphatic heterocycles. The lowest BCUT2D eigenvalue weighted by Gasteiger charge is -2.13. The molecule has 9 heteroatoms. The monoisotopic (exact) mass is 361 g/mol. The van der Waals surface area contributed by atoms with Crippen LogP contribution in [0.1, 0.15) is 12.8 Å². The quantitative estimate of drug-likeness (QED) is 0.685. The van der Waals surface area contributed by atoms with Gasteiger partial charge in [-0.25, -0.2) is 0 Å². The van der Waals surface area contributed by atoms with Crippen molar-refractivity contribution in [1.82, 2.24) is 24.6 Å². The lowest BCUT2D eigenvalue weighted by molar-refractivity contribution is -0.140. The predicted molar refractivity (Wildman–Crippen MR) is 91.8 cm³/mol. The van der Waals surface area contributed by atoms with Crippen LogP contribution in [0.3, 0.4) is 0 Å². The topological polar surface area (TPSA) is 90.2 Å². The van der Waals surface area contributed by atoms with Crippen LogP contribution in [0.25, 0.3) is 11.4 Å². The third-order valence-corrected chi connectivity index (χ3v) is 4.83. The van der Waals surface area contributed by atoms with Gasteiger partial charge < -0.3 is 4.74 Å². The minimum Gasteiger partial charge on any atom is -0.383 e. The summed E-state index contributed by atoms with van der Waals surface area (Å²) in [6.45, 7) is 1.58. The van der Waals surface area contributed by atoms with E-state index in [2.05, 4.69) is 15.2 Å². The summed E-state index contributed by atoms with van der Waals surface area (Å²) in [7, 11) is 1.63. The fraction of sp³-hybridized carbons (Fsp3) is 0.438. The average Bonchev–Trinajstić information content (AvgIpc) is 3.24. The van der Waals surface area contributed by atoms with E-state index in [1.165, 1.54) is 16.7 Å². The van der Waals surface area contributed by atoms with Crippen molar-refractivity contribution in [3.05, 3.63) is 24.5 Å². The third-order valence-electron chi connectivity index (χ3n) is 3.87. The normalized spacial score (nSPS) is 14.3. The fourth-order valence-electron chi connectivity index (χ4n) is 2.61. The van der Waals surface area contributed by atoms with Crippen LogP contribution in [0, 0.1) is 0 Å². The number of nitrogens with zero attached hydrogens (tertiary/aromatic N) is 5. The van der Waals surface area contributed by atoms with Crippen molar-refractivity contribution in [2.24, 2.45) is 0 Å². The number of imide groups is 1. The summed E-state index contributed by atoms with van der Waals surface area (Å²) in [5.74, 6) is 0.586. The minimum atomic E-state index is -0.181. The second-order valence-electron chi connectivity index (χ2n) is 5.52. The summed E-state index contributed by atoms with van der Waals surface area (Å²) in [5, 5.41) is 9.08. The van der Waals surface area contributed by atoms with Crippen LogP contribution in [0.2, 0.25) is 0 Å². The van der Waals surface area contributed by atoms with Crippen molar-refractivity contribution in [3.63, 3.8) is 0 Å². The van der Waals surface area contributed by atoms with Gasteiger partial charge in [0.2, 0.25) is 11.8 Å². The van der Waals surface area contributed by atoms with Crippen LogP contribution >= 0.6 is 11.8 Å². The Hall–Kier alpha value is -2.26. The van der Waals surface area contributed by atoms with Gasteiger partial charge in [-0.2, -0.15) is 0 Å². The van der Waals surface area contributed by atoms with Crippen LogP contribution in [-0.4, -0.2) is 62.5 Å². The van der Waals surface area contributed by atoms with Crippen LogP contribution in [-0.2, 0) is 20.9 Å². The number of ether oxygens (including phenoxy) is 1. The highest BCUT2D eigenvalue weighted by Gasteiger charge is 2.26. The maximum Gasteiger partial charge on any atom is 0.239 e. The van der Waals surface area contributed by atoms with Crippen LogP contribution < -0.4 is 0 Å². The summed E-state index contributed by atoms with van der Waals surface area (Å²) in [5.41, 5.74) is 0.895. The summed E-state index contributed by atoms with van der Waals surface area (Å²) in [6.07, 6.45) is 4.58. The molecule has 0 aliphatic carbocycles. The maximum atomic E-state index is 12.2. The maximum absolute atomic E-state index is 12.2. The summed E-state index contributed by atoms with van der Waals surface area (Å²) >= 11 is 1.28. The fourth-order valence-corrected chi connectivity index (χ4v) is 3.45. The SMILES string of the molecule is COCCn1c(SCC(=O)N2CCCC2=O)nnc1-c1ccncc1. The van der Waals surface area contributed by atoms with Gasteiger partial charge >= 0.3 is 0 Å². The van der Waals surface area contributed by atoms with Gasteiger partial charge in [-0.05, 0) is 18.6 Å². The smallest absolute Gasteiger partial charge is 0.239 e. The van der Waals surface area contributed by atoms with E-state index in [1.807, 2.05) is 16.7 Å². The molecule has 132 valence electrons. The van der Waals surface area contributed by atoms with Gasteiger partial charge in [0.25, 0.3) is 0 Å². The second kappa shape index (κ2) is 8.21. The van der Waals surface area contributed by atoms with Crippen LogP contribution in [0.4, 0.5) is 0 Å². The molecule has 2 aromatic heterocycles. The Morgan fingerprint density at radius 2 is 2.12 bits per heavy atom. The molecule has 3 rings (SSSR count). The minimum absolute atomic E-state index is 0.0936. The number of thioether (sulfide) groups is 1. The van der Waals surface area contributed by atoms with Crippen molar-refractivity contribution in [3.8, 4) is 11.4 Å². The number of carbonyl (C=O) groups is 2. The van der Waals surface area contributed by atoms with Gasteiger partial charge in [0.15, 0.2) is 11.0 Å². The predicted octanol–water partition coefficient (Wildman–Crippen LogP) is 1.23. The molecule has 8 nitrogen and oxygen atoms in total. The number of methoxy groups -OCH3 is 1. The number of pyridine rings is 1. The zero-order valence-electron chi connectivity index (χ0n) is 13.9. The Balaban J connectivity index is 1.75. The van der Waals surface area contributed by atoms with Crippen molar-refractivity contribution in [1.29, 1.82) is 0 Å². The first kappa shape index (κ1) is 17.6. The van der Waals surface area contributed by atoms with Gasteiger partial charge in [-0.1, -0.05) is 11.8 Å². The molecule has 0 N–H and O–H groups in total. The molecular formula is C16H19N5O3S. The van der Waals surface area contributed by atoms with E-state index in [0.717, 1.165) is 12.0 Å². The van der Waals surface area contributed by atoms with Crippen LogP contribution in [0.15, 0.2) is 29.7 Å². The first-order valence-corrected chi connectivity index (χ1v) is 8.98. The van der Waals surface area contributed by atoms with E-state index < -0.39 is 0 Å². The molecule has 0 saturated carbocycles. The van der Waals surface area contributed by atoms with E-state index in [1.54, 1.807) is 19.5 Å². The van der Waals surface area contributed by atoms with Gasteiger partial charge in [-0.15, -0.1) is 10.2 Å². The van der Waals surface area contributed by atoms with Gasteiger partial charge in [0, 0.05) is 38.0 Å². The van der Waals surface area contributed by atoms with E-state index in [-0.39, 0.29) is 17.6 Å². The Morgan fingerprint density at radius 3 is 2.80 bits per heavy atom. The summed E-state index contributed by atoms with van der Waals surface area (Å²) in [4.78, 5) is 29.2. The molecule has 0 radical (unpaired) electrons. The molecule has 1 fully saturated rings. The molecule has 0 bridgehead atoms. The Kier molecular flexibility index (Phi) is 5.77. The molecule has 25 heavy (non-hydrogen) atoms. The summed E-state index contributed by atoms with van der Waals surface area (Å²) in [6, 6.07) is 3.71. The Bertz CT molecular complexity index is 749. The molecule has 1 aliphatic rings. The molecule has 0 spiro atoms. The van der Waals surface area contributed by atoms with E-state index >= 15 is 0 Å². The zero-order chi connectivity index (χ0) is 17.6. The molecule has 2 amide bonds. The number of hydrogen-bond acceptors (Lipinski definition) is 7. The highest BCUT2D eigenvalue weighted by atomic mass is 32.2. The molecule has 0 aromatic carbocycles. The number of aromatic nitrogens is 4. The van der Waals surface area contributed by atoms with Gasteiger partial charge in [0.1, 0.15) is 0 Å². The number of rotatable bonds is 7. The Morgan fingerprint density at radius 1 is 1.32 bits per heavy atom. The van der Waals surface area contributed by atoms with Crippen molar-refractivity contribution in [2.75, 3.05) is 26.0 Å². The van der Waals surface area contributed by atoms with Crippen LogP contribution in [0.5, 0.6) is 0 Å². The van der Waals surface area contributed by atoms with Gasteiger partial charge in [0.05, 0.1) is 18.9 Å². The molecule has 1 saturated heterocycles. The lowest BCUT2D eigenvalue weighted by Crippen LogP contribution is -2.33. The number of hydrogen-bond donors (Lipinski definition) is 0. The molecule has 0 atom stereocenters. The van der Waals surface area contributed by atoms with Crippen molar-refractivity contribution in [2.45, 2.75) is 24.5 Å². The number of likely N-dealkylation sites (tertiary alicyclic amines) is 1. The number of amides is 2. The molecular weight excluding hydrogens is 342 g/mol. The first-order chi connectivity index (χ1) is 12.2. The average molecular weight is 361 g/mol. The third kappa shape index (κ3) is 4.05. The largest absolute Gasteiger partial charge is 0.383 e.